The standard InChI is InChI=1S/C17H21N3/c1-13-10-17(19-12-18-13)20-16(11-14-6-5-7-14)15-8-3-2-4-9-15/h2-4,8-10,12,14,16H,5-7,11H2,1H3,(H,18,19,20). The molecule has 1 heterocycles. The first-order chi connectivity index (χ1) is 9.81. The minimum absolute atomic E-state index is 0.343. The van der Waals surface area contributed by atoms with Crippen molar-refractivity contribution in [3.8, 4) is 0 Å². The second-order valence-corrected chi connectivity index (χ2v) is 5.68. The quantitative estimate of drug-likeness (QED) is 0.885. The fourth-order valence-electron chi connectivity index (χ4n) is 2.74. The molecule has 0 radical (unpaired) electrons. The largest absolute Gasteiger partial charge is 0.363 e. The Hall–Kier alpha value is -1.90. The molecule has 0 saturated heterocycles. The van der Waals surface area contributed by atoms with Gasteiger partial charge < -0.3 is 5.32 Å². The Bertz CT molecular complexity index is 549. The van der Waals surface area contributed by atoms with Crippen LogP contribution in [0.4, 0.5) is 5.82 Å². The summed E-state index contributed by atoms with van der Waals surface area (Å²) in [5.74, 6) is 1.78. The first-order valence-electron chi connectivity index (χ1n) is 7.41. The van der Waals surface area contributed by atoms with Crippen LogP contribution in [0.5, 0.6) is 0 Å². The summed E-state index contributed by atoms with van der Waals surface area (Å²) in [5.41, 5.74) is 2.34. The van der Waals surface area contributed by atoms with E-state index in [1.807, 2.05) is 13.0 Å². The van der Waals surface area contributed by atoms with Gasteiger partial charge in [-0.1, -0.05) is 49.6 Å². The number of nitrogens with one attached hydrogen (secondary N) is 1. The minimum atomic E-state index is 0.343. The third kappa shape index (κ3) is 3.16. The summed E-state index contributed by atoms with van der Waals surface area (Å²) >= 11 is 0. The maximum Gasteiger partial charge on any atom is 0.130 e. The van der Waals surface area contributed by atoms with Crippen molar-refractivity contribution in [3.05, 3.63) is 54.0 Å². The minimum Gasteiger partial charge on any atom is -0.363 e. The lowest BCUT2D eigenvalue weighted by atomic mass is 9.79. The second kappa shape index (κ2) is 6.04. The van der Waals surface area contributed by atoms with Gasteiger partial charge in [-0.3, -0.25) is 0 Å². The molecule has 1 unspecified atom stereocenters. The van der Waals surface area contributed by atoms with E-state index in [0.717, 1.165) is 17.4 Å². The molecule has 0 spiro atoms. The molecule has 0 aliphatic heterocycles. The van der Waals surface area contributed by atoms with E-state index in [2.05, 4.69) is 45.6 Å². The Morgan fingerprint density at radius 1 is 1.20 bits per heavy atom. The van der Waals surface area contributed by atoms with Crippen molar-refractivity contribution in [1.82, 2.24) is 9.97 Å². The normalized spacial score (nSPS) is 16.4. The van der Waals surface area contributed by atoms with E-state index < -0.39 is 0 Å². The highest BCUT2D eigenvalue weighted by Crippen LogP contribution is 2.36. The van der Waals surface area contributed by atoms with E-state index in [9.17, 15) is 0 Å². The van der Waals surface area contributed by atoms with E-state index in [4.69, 9.17) is 0 Å². The molecule has 1 saturated carbocycles. The molecule has 1 aromatic heterocycles. The zero-order chi connectivity index (χ0) is 13.8. The maximum absolute atomic E-state index is 4.33. The number of rotatable bonds is 5. The van der Waals surface area contributed by atoms with Gasteiger partial charge in [0.2, 0.25) is 0 Å². The molecule has 2 aromatic rings. The number of benzene rings is 1. The van der Waals surface area contributed by atoms with Gasteiger partial charge >= 0.3 is 0 Å². The smallest absolute Gasteiger partial charge is 0.130 e. The Balaban J connectivity index is 1.77. The summed E-state index contributed by atoms with van der Waals surface area (Å²) in [6.07, 6.45) is 6.94. The average Bonchev–Trinajstić information content (AvgIpc) is 2.42. The molecule has 20 heavy (non-hydrogen) atoms. The van der Waals surface area contributed by atoms with Gasteiger partial charge in [0.15, 0.2) is 0 Å². The molecular weight excluding hydrogens is 246 g/mol. The van der Waals surface area contributed by atoms with E-state index in [1.165, 1.54) is 31.2 Å². The summed E-state index contributed by atoms with van der Waals surface area (Å²) in [5, 5.41) is 3.58. The van der Waals surface area contributed by atoms with Gasteiger partial charge in [-0.2, -0.15) is 0 Å². The van der Waals surface area contributed by atoms with Crippen LogP contribution >= 0.6 is 0 Å². The van der Waals surface area contributed by atoms with Crippen molar-refractivity contribution in [1.29, 1.82) is 0 Å². The van der Waals surface area contributed by atoms with Gasteiger partial charge in [-0.05, 0) is 24.8 Å². The van der Waals surface area contributed by atoms with Crippen molar-refractivity contribution in [2.24, 2.45) is 5.92 Å². The van der Waals surface area contributed by atoms with Crippen molar-refractivity contribution in [2.45, 2.75) is 38.6 Å². The third-order valence-corrected chi connectivity index (χ3v) is 4.12. The summed E-state index contributed by atoms with van der Waals surface area (Å²) in [6.45, 7) is 2.00. The van der Waals surface area contributed by atoms with Crippen LogP contribution in [-0.2, 0) is 0 Å². The molecule has 1 aliphatic rings. The third-order valence-electron chi connectivity index (χ3n) is 4.12. The van der Waals surface area contributed by atoms with E-state index in [1.54, 1.807) is 6.33 Å². The highest BCUT2D eigenvalue weighted by atomic mass is 15.0. The van der Waals surface area contributed by atoms with Crippen LogP contribution < -0.4 is 5.32 Å². The molecule has 3 nitrogen and oxygen atoms in total. The van der Waals surface area contributed by atoms with E-state index in [-0.39, 0.29) is 0 Å². The Morgan fingerprint density at radius 3 is 2.65 bits per heavy atom. The topological polar surface area (TPSA) is 37.8 Å². The monoisotopic (exact) mass is 267 g/mol. The van der Waals surface area contributed by atoms with Crippen LogP contribution in [0.25, 0.3) is 0 Å². The van der Waals surface area contributed by atoms with Crippen LogP contribution in [0.2, 0.25) is 0 Å². The van der Waals surface area contributed by atoms with Gasteiger partial charge in [0, 0.05) is 11.8 Å². The molecule has 1 aliphatic carbocycles. The lowest BCUT2D eigenvalue weighted by molar-refractivity contribution is 0.282. The molecule has 0 amide bonds. The first kappa shape index (κ1) is 13.1. The van der Waals surface area contributed by atoms with Crippen LogP contribution in [0.15, 0.2) is 42.7 Å². The molecule has 104 valence electrons. The predicted octanol–water partition coefficient (Wildman–Crippen LogP) is 4.13. The Morgan fingerprint density at radius 2 is 2.00 bits per heavy atom. The van der Waals surface area contributed by atoms with Crippen molar-refractivity contribution in [3.63, 3.8) is 0 Å². The highest BCUT2D eigenvalue weighted by molar-refractivity contribution is 5.38. The molecule has 3 rings (SSSR count). The zero-order valence-corrected chi connectivity index (χ0v) is 11.9. The lowest BCUT2D eigenvalue weighted by Gasteiger charge is -2.30. The molecule has 1 atom stereocenters. The molecule has 1 fully saturated rings. The SMILES string of the molecule is Cc1cc(NC(CC2CCC2)c2ccccc2)ncn1. The summed E-state index contributed by atoms with van der Waals surface area (Å²) < 4.78 is 0. The first-order valence-corrected chi connectivity index (χ1v) is 7.41. The number of anilines is 1. The van der Waals surface area contributed by atoms with Crippen LogP contribution in [0.3, 0.4) is 0 Å². The van der Waals surface area contributed by atoms with Gasteiger partial charge in [-0.25, -0.2) is 9.97 Å². The zero-order valence-electron chi connectivity index (χ0n) is 11.9. The maximum atomic E-state index is 4.33. The highest BCUT2D eigenvalue weighted by Gasteiger charge is 2.23. The molecular formula is C17H21N3. The van der Waals surface area contributed by atoms with Gasteiger partial charge in [0.05, 0.1) is 6.04 Å². The van der Waals surface area contributed by atoms with Gasteiger partial charge in [0.1, 0.15) is 12.1 Å². The number of nitrogens with zero attached hydrogens (tertiary/aromatic N) is 2. The molecule has 1 N–H and O–H groups in total. The average molecular weight is 267 g/mol. The van der Waals surface area contributed by atoms with E-state index >= 15 is 0 Å². The van der Waals surface area contributed by atoms with Gasteiger partial charge in [-0.15, -0.1) is 0 Å². The second-order valence-electron chi connectivity index (χ2n) is 5.68. The predicted molar refractivity (Wildman–Crippen MR) is 81.5 cm³/mol. The van der Waals surface area contributed by atoms with E-state index in [0.29, 0.717) is 6.04 Å². The number of aromatic nitrogens is 2. The van der Waals surface area contributed by atoms with Crippen molar-refractivity contribution in [2.75, 3.05) is 5.32 Å². The van der Waals surface area contributed by atoms with Crippen LogP contribution in [0.1, 0.15) is 43.0 Å². The van der Waals surface area contributed by atoms with Gasteiger partial charge in [0.25, 0.3) is 0 Å². The Kier molecular flexibility index (Phi) is 3.95. The molecule has 3 heteroatoms. The molecule has 1 aromatic carbocycles. The number of aryl methyl sites for hydroxylation is 1. The Labute approximate surface area is 120 Å². The fraction of sp³-hybridized carbons (Fsp3) is 0.412. The lowest BCUT2D eigenvalue weighted by Crippen LogP contribution is -2.20. The molecule has 0 bridgehead atoms. The summed E-state index contributed by atoms with van der Waals surface area (Å²) in [7, 11) is 0. The van der Waals surface area contributed by atoms with Crippen LogP contribution in [-0.4, -0.2) is 9.97 Å². The number of hydrogen-bond acceptors (Lipinski definition) is 3. The van der Waals surface area contributed by atoms with Crippen LogP contribution in [0, 0.1) is 12.8 Å². The van der Waals surface area contributed by atoms with Crippen molar-refractivity contribution >= 4 is 5.82 Å². The number of hydrogen-bond donors (Lipinski definition) is 1. The van der Waals surface area contributed by atoms with Crippen molar-refractivity contribution < 1.29 is 0 Å². The fourth-order valence-corrected chi connectivity index (χ4v) is 2.74. The summed E-state index contributed by atoms with van der Waals surface area (Å²) in [6, 6.07) is 13.0. The summed E-state index contributed by atoms with van der Waals surface area (Å²) in [4.78, 5) is 8.49.